The second kappa shape index (κ2) is 8.14. The number of hydrogen-bond donors (Lipinski definition) is 1. The molecular formula is C20H15BNO4. The van der Waals surface area contributed by atoms with Crippen molar-refractivity contribution in [3.8, 4) is 5.75 Å². The highest BCUT2D eigenvalue weighted by atomic mass is 16.5. The van der Waals surface area contributed by atoms with Gasteiger partial charge in [0, 0.05) is 28.2 Å². The lowest BCUT2D eigenvalue weighted by Crippen LogP contribution is -2.10. The molecule has 0 saturated heterocycles. The van der Waals surface area contributed by atoms with E-state index in [4.69, 9.17) is 9.68 Å². The first-order valence-electron chi connectivity index (χ1n) is 7.88. The molecule has 0 aliphatic carbocycles. The lowest BCUT2D eigenvalue weighted by atomic mass is 10.1. The lowest BCUT2D eigenvalue weighted by Gasteiger charge is -2.25. The molecule has 0 spiro atoms. The zero-order valence-corrected chi connectivity index (χ0v) is 13.8. The van der Waals surface area contributed by atoms with Gasteiger partial charge in [0.05, 0.1) is 0 Å². The van der Waals surface area contributed by atoms with Gasteiger partial charge in [0.1, 0.15) is 18.3 Å². The molecule has 127 valence electrons. The first kappa shape index (κ1) is 17.4. The number of aldehydes is 2. The Hall–Kier alpha value is -3.38. The van der Waals surface area contributed by atoms with Gasteiger partial charge in [0.25, 0.3) is 0 Å². The minimum absolute atomic E-state index is 0.504. The Morgan fingerprint density at radius 1 is 0.692 bits per heavy atom. The molecule has 6 heteroatoms. The van der Waals surface area contributed by atoms with E-state index in [0.717, 1.165) is 29.6 Å². The molecule has 5 nitrogen and oxygen atoms in total. The largest absolute Gasteiger partial charge is 0.569 e. The van der Waals surface area contributed by atoms with Crippen molar-refractivity contribution in [2.75, 3.05) is 4.90 Å². The maximum absolute atomic E-state index is 10.9. The second-order valence-electron chi connectivity index (χ2n) is 5.47. The van der Waals surface area contributed by atoms with Gasteiger partial charge in [-0.15, -0.1) is 0 Å². The molecule has 0 unspecified atom stereocenters. The van der Waals surface area contributed by atoms with Gasteiger partial charge < -0.3 is 14.6 Å². The molecule has 0 aliphatic rings. The Kier molecular flexibility index (Phi) is 5.46. The van der Waals surface area contributed by atoms with E-state index in [9.17, 15) is 9.59 Å². The molecule has 26 heavy (non-hydrogen) atoms. The minimum atomic E-state index is 0.504. The summed E-state index contributed by atoms with van der Waals surface area (Å²) in [7, 11) is 0.628. The van der Waals surface area contributed by atoms with E-state index < -0.39 is 0 Å². The highest BCUT2D eigenvalue weighted by Crippen LogP contribution is 2.35. The van der Waals surface area contributed by atoms with Crippen LogP contribution in [0.2, 0.25) is 0 Å². The number of carbonyl (C=O) groups is 2. The second-order valence-corrected chi connectivity index (χ2v) is 5.47. The number of hydrogen-bond acceptors (Lipinski definition) is 5. The summed E-state index contributed by atoms with van der Waals surface area (Å²) in [5.41, 5.74) is 3.75. The average molecular weight is 344 g/mol. The molecule has 0 aromatic heterocycles. The fraction of sp³-hybridized carbons (Fsp3) is 0. The molecule has 0 heterocycles. The van der Waals surface area contributed by atoms with Crippen molar-refractivity contribution < 1.29 is 19.3 Å². The van der Waals surface area contributed by atoms with Crippen molar-refractivity contribution in [1.29, 1.82) is 0 Å². The molecule has 0 amide bonds. The van der Waals surface area contributed by atoms with Crippen LogP contribution in [0.4, 0.5) is 17.1 Å². The van der Waals surface area contributed by atoms with E-state index in [0.29, 0.717) is 24.6 Å². The SMILES string of the molecule is O=Cc1ccc(N(c2ccc(C=O)cc2)c2ccc(O[B]O)cc2)cc1. The topological polar surface area (TPSA) is 66.8 Å². The van der Waals surface area contributed by atoms with Crippen LogP contribution in [0, 0.1) is 0 Å². The monoisotopic (exact) mass is 344 g/mol. The molecule has 0 aliphatic heterocycles. The van der Waals surface area contributed by atoms with Gasteiger partial charge in [-0.05, 0) is 72.8 Å². The maximum atomic E-state index is 10.9. The smallest absolute Gasteiger partial charge is 0.537 e. The minimum Gasteiger partial charge on any atom is -0.537 e. The highest BCUT2D eigenvalue weighted by molar-refractivity contribution is 6.17. The predicted octanol–water partition coefficient (Wildman–Crippen LogP) is 3.69. The Morgan fingerprint density at radius 2 is 1.08 bits per heavy atom. The van der Waals surface area contributed by atoms with Crippen molar-refractivity contribution in [3.05, 3.63) is 83.9 Å². The average Bonchev–Trinajstić information content (AvgIpc) is 2.71. The van der Waals surface area contributed by atoms with Crippen LogP contribution in [0.3, 0.4) is 0 Å². The molecule has 0 fully saturated rings. The van der Waals surface area contributed by atoms with Crippen LogP contribution in [-0.2, 0) is 0 Å². The van der Waals surface area contributed by atoms with Crippen molar-refractivity contribution in [3.63, 3.8) is 0 Å². The van der Waals surface area contributed by atoms with Crippen LogP contribution in [0.15, 0.2) is 72.8 Å². The van der Waals surface area contributed by atoms with Crippen LogP contribution in [0.1, 0.15) is 20.7 Å². The van der Waals surface area contributed by atoms with Gasteiger partial charge in [0.15, 0.2) is 0 Å². The summed E-state index contributed by atoms with van der Waals surface area (Å²) in [5.74, 6) is 0.504. The lowest BCUT2D eigenvalue weighted by molar-refractivity contribution is 0.111. The third-order valence-electron chi connectivity index (χ3n) is 3.86. The van der Waals surface area contributed by atoms with Crippen molar-refractivity contribution in [1.82, 2.24) is 0 Å². The number of benzene rings is 3. The summed E-state index contributed by atoms with van der Waals surface area (Å²) in [6.45, 7) is 0. The Bertz CT molecular complexity index is 826. The third-order valence-corrected chi connectivity index (χ3v) is 3.86. The molecule has 3 aromatic carbocycles. The van der Waals surface area contributed by atoms with Crippen LogP contribution in [0.25, 0.3) is 0 Å². The van der Waals surface area contributed by atoms with Gasteiger partial charge in [-0.3, -0.25) is 9.59 Å². The highest BCUT2D eigenvalue weighted by Gasteiger charge is 2.12. The summed E-state index contributed by atoms with van der Waals surface area (Å²) in [6, 6.07) is 21.5. The van der Waals surface area contributed by atoms with Crippen molar-refractivity contribution in [2.45, 2.75) is 0 Å². The van der Waals surface area contributed by atoms with E-state index in [1.54, 1.807) is 36.4 Å². The van der Waals surface area contributed by atoms with Crippen LogP contribution in [0.5, 0.6) is 5.75 Å². The van der Waals surface area contributed by atoms with Crippen molar-refractivity contribution >= 4 is 37.3 Å². The van der Waals surface area contributed by atoms with Crippen molar-refractivity contribution in [2.24, 2.45) is 0 Å². The van der Waals surface area contributed by atoms with Crippen LogP contribution >= 0.6 is 0 Å². The zero-order valence-electron chi connectivity index (χ0n) is 13.8. The zero-order chi connectivity index (χ0) is 18.4. The molecule has 1 N–H and O–H groups in total. The first-order chi connectivity index (χ1) is 12.7. The third kappa shape index (κ3) is 3.82. The van der Waals surface area contributed by atoms with E-state index in [1.165, 1.54) is 0 Å². The number of nitrogens with zero attached hydrogens (tertiary/aromatic N) is 1. The van der Waals surface area contributed by atoms with E-state index >= 15 is 0 Å². The van der Waals surface area contributed by atoms with Gasteiger partial charge in [-0.2, -0.15) is 0 Å². The Labute approximate surface area is 151 Å². The predicted molar refractivity (Wildman–Crippen MR) is 101 cm³/mol. The van der Waals surface area contributed by atoms with E-state index in [1.807, 2.05) is 41.3 Å². The first-order valence-corrected chi connectivity index (χ1v) is 7.88. The normalized spacial score (nSPS) is 10.0. The van der Waals surface area contributed by atoms with E-state index in [-0.39, 0.29) is 0 Å². The molecule has 0 bridgehead atoms. The molecule has 3 rings (SSSR count). The number of anilines is 3. The fourth-order valence-corrected chi connectivity index (χ4v) is 2.59. The summed E-state index contributed by atoms with van der Waals surface area (Å²) < 4.78 is 4.95. The number of carbonyl (C=O) groups excluding carboxylic acids is 2. The van der Waals surface area contributed by atoms with E-state index in [2.05, 4.69) is 0 Å². The molecule has 0 atom stereocenters. The van der Waals surface area contributed by atoms with Gasteiger partial charge in [-0.25, -0.2) is 0 Å². The fourth-order valence-electron chi connectivity index (χ4n) is 2.59. The summed E-state index contributed by atoms with van der Waals surface area (Å²) in [6.07, 6.45) is 1.59. The number of rotatable bonds is 7. The Balaban J connectivity index is 2.04. The summed E-state index contributed by atoms with van der Waals surface area (Å²) >= 11 is 0. The summed E-state index contributed by atoms with van der Waals surface area (Å²) in [5, 5.41) is 8.74. The quantitative estimate of drug-likeness (QED) is 0.523. The molecule has 0 saturated carbocycles. The van der Waals surface area contributed by atoms with Gasteiger partial charge in [0.2, 0.25) is 0 Å². The molecule has 1 radical (unpaired) electrons. The van der Waals surface area contributed by atoms with Crippen LogP contribution in [-0.4, -0.2) is 25.3 Å². The Morgan fingerprint density at radius 3 is 1.42 bits per heavy atom. The summed E-state index contributed by atoms with van der Waals surface area (Å²) in [4.78, 5) is 23.8. The molecule has 3 aromatic rings. The standard InChI is InChI=1S/C20H15BNO4/c23-13-15-1-5-17(6-2-15)22(18-7-3-16(14-24)4-8-18)19-9-11-20(12-10-19)26-21-25/h1-14,25H. The van der Waals surface area contributed by atoms with Crippen LogP contribution < -0.4 is 9.55 Å². The maximum Gasteiger partial charge on any atom is 0.569 e. The van der Waals surface area contributed by atoms with Gasteiger partial charge >= 0.3 is 7.69 Å². The van der Waals surface area contributed by atoms with Gasteiger partial charge in [-0.1, -0.05) is 0 Å². The molecular weight excluding hydrogens is 329 g/mol.